The van der Waals surface area contributed by atoms with Gasteiger partial charge in [-0.2, -0.15) is 0 Å². The number of thiophene rings is 3. The van der Waals surface area contributed by atoms with E-state index in [4.69, 9.17) is 0 Å². The van der Waals surface area contributed by atoms with E-state index in [9.17, 15) is 4.79 Å². The average Bonchev–Trinajstić information content (AvgIpc) is 3.70. The lowest BCUT2D eigenvalue weighted by atomic mass is 9.83. The Hall–Kier alpha value is -3.19. The second-order valence-electron chi connectivity index (χ2n) is 10.8. The molecule has 7 heterocycles. The van der Waals surface area contributed by atoms with Gasteiger partial charge in [-0.1, -0.05) is 36.5 Å². The lowest BCUT2D eigenvalue weighted by Gasteiger charge is -2.29. The van der Waals surface area contributed by atoms with Crippen molar-refractivity contribution in [1.29, 1.82) is 0 Å². The summed E-state index contributed by atoms with van der Waals surface area (Å²) in [7, 11) is 0. The maximum atomic E-state index is 14.0. The van der Waals surface area contributed by atoms with Gasteiger partial charge in [0.15, 0.2) is 0 Å². The number of hydrogen-bond acceptors (Lipinski definition) is 4. The summed E-state index contributed by atoms with van der Waals surface area (Å²) in [6.07, 6.45) is 14.8. The summed E-state index contributed by atoms with van der Waals surface area (Å²) >= 11 is 5.38. The van der Waals surface area contributed by atoms with Crippen LogP contribution in [0.2, 0.25) is 0 Å². The molecule has 0 bridgehead atoms. The van der Waals surface area contributed by atoms with Crippen LogP contribution >= 0.6 is 34.0 Å². The molecule has 0 radical (unpaired) electrons. The first kappa shape index (κ1) is 21.7. The van der Waals surface area contributed by atoms with Crippen LogP contribution in [0, 0.1) is 6.92 Å². The Morgan fingerprint density at radius 3 is 2.74 bits per heavy atom. The van der Waals surface area contributed by atoms with E-state index in [1.165, 1.54) is 69.8 Å². The molecule has 6 aromatic heterocycles. The van der Waals surface area contributed by atoms with Crippen LogP contribution < -0.4 is 10.8 Å². The molecule has 1 aliphatic heterocycles. The smallest absolute Gasteiger partial charge is 0.273 e. The molecule has 0 spiro atoms. The predicted molar refractivity (Wildman–Crippen MR) is 165 cm³/mol. The van der Waals surface area contributed by atoms with Crippen LogP contribution in [0.15, 0.2) is 59.4 Å². The van der Waals surface area contributed by atoms with Gasteiger partial charge >= 0.3 is 0 Å². The van der Waals surface area contributed by atoms with Gasteiger partial charge in [0, 0.05) is 32.0 Å². The molecule has 186 valence electrons. The van der Waals surface area contributed by atoms with Gasteiger partial charge in [-0.05, 0) is 68.9 Å². The summed E-state index contributed by atoms with van der Waals surface area (Å²) in [5, 5.41) is 2.41. The van der Waals surface area contributed by atoms with Crippen molar-refractivity contribution in [2.75, 3.05) is 0 Å². The van der Waals surface area contributed by atoms with Crippen molar-refractivity contribution < 1.29 is 0 Å². The van der Waals surface area contributed by atoms with Crippen LogP contribution in [0.1, 0.15) is 46.9 Å². The van der Waals surface area contributed by atoms with Crippen molar-refractivity contribution in [3.05, 3.63) is 85.5 Å². The summed E-state index contributed by atoms with van der Waals surface area (Å²) in [5.41, 5.74) is 8.66. The Morgan fingerprint density at radius 2 is 1.87 bits per heavy atom. The number of nitrogens with zero attached hydrogens (tertiary/aromatic N) is 2. The lowest BCUT2D eigenvalue weighted by Crippen LogP contribution is -2.24. The monoisotopic (exact) mass is 548 g/mol. The van der Waals surface area contributed by atoms with Crippen molar-refractivity contribution in [2.24, 2.45) is 0 Å². The molecule has 0 N–H and O–H groups in total. The maximum Gasteiger partial charge on any atom is 0.273 e. The highest BCUT2D eigenvalue weighted by atomic mass is 32.1. The Labute approximate surface area is 230 Å². The molecule has 0 saturated heterocycles. The number of pyridine rings is 1. The molecule has 1 atom stereocenters. The van der Waals surface area contributed by atoms with Crippen molar-refractivity contribution in [3.63, 3.8) is 0 Å². The molecule has 2 aliphatic carbocycles. The molecule has 6 heteroatoms. The fraction of sp³-hybridized carbons (Fsp3) is 0.219. The van der Waals surface area contributed by atoms with E-state index < -0.39 is 0 Å². The minimum atomic E-state index is 0.124. The van der Waals surface area contributed by atoms with Crippen molar-refractivity contribution in [2.45, 2.75) is 44.9 Å². The highest BCUT2D eigenvalue weighted by molar-refractivity contribution is 7.22. The molecule has 0 aromatic carbocycles. The Kier molecular flexibility index (Phi) is 4.27. The van der Waals surface area contributed by atoms with Gasteiger partial charge < -0.3 is 4.57 Å². The molecule has 3 nitrogen and oxygen atoms in total. The number of rotatable bonds is 3. The molecular weight excluding hydrogens is 525 g/mol. The predicted octanol–water partition coefficient (Wildman–Crippen LogP) is 8.40. The summed E-state index contributed by atoms with van der Waals surface area (Å²) < 4.78 is 7.77. The van der Waals surface area contributed by atoms with Crippen LogP contribution in [0.5, 0.6) is 0 Å². The van der Waals surface area contributed by atoms with Crippen LogP contribution in [-0.2, 0) is 6.42 Å². The first-order valence-corrected chi connectivity index (χ1v) is 15.7. The van der Waals surface area contributed by atoms with E-state index in [-0.39, 0.29) is 11.5 Å². The third-order valence-corrected chi connectivity index (χ3v) is 11.9. The van der Waals surface area contributed by atoms with E-state index in [2.05, 4.69) is 66.6 Å². The summed E-state index contributed by atoms with van der Waals surface area (Å²) in [4.78, 5) is 17.9. The fourth-order valence-electron chi connectivity index (χ4n) is 6.93. The Bertz CT molecular complexity index is 2220. The minimum Gasteiger partial charge on any atom is -0.311 e. The second-order valence-corrected chi connectivity index (χ2v) is 14.3. The highest BCUT2D eigenvalue weighted by Crippen LogP contribution is 2.53. The van der Waals surface area contributed by atoms with Crippen LogP contribution in [0.25, 0.3) is 58.4 Å². The molecule has 0 amide bonds. The minimum absolute atomic E-state index is 0.124. The van der Waals surface area contributed by atoms with Crippen LogP contribution in [0.3, 0.4) is 0 Å². The average molecular weight is 549 g/mol. The quantitative estimate of drug-likeness (QED) is 0.218. The lowest BCUT2D eigenvalue weighted by molar-refractivity contribution is 0.844. The fourth-order valence-corrected chi connectivity index (χ4v) is 10.3. The summed E-state index contributed by atoms with van der Waals surface area (Å²) in [6, 6.07) is 9.12. The molecule has 0 fully saturated rings. The van der Waals surface area contributed by atoms with Crippen molar-refractivity contribution in [1.82, 2.24) is 8.97 Å². The van der Waals surface area contributed by atoms with E-state index in [1.54, 1.807) is 22.7 Å². The van der Waals surface area contributed by atoms with Gasteiger partial charge in [-0.15, -0.1) is 34.0 Å². The van der Waals surface area contributed by atoms with Gasteiger partial charge in [0.1, 0.15) is 4.70 Å². The standard InChI is InChI=1S/C32H24N2OS3/c1-16-12-23-26(36-16)14-22-21-11-10-20-17(2)33-24-13-19(9-8-18-6-4-3-5-7-18)37-27(24)15-25(33)30-28(20)29(21)31(38-30)32(35)34(22)23/h4,6-7,11-15,20H,2-3,5,8-10H2,1H3. The third-order valence-electron chi connectivity index (χ3n) is 8.60. The van der Waals surface area contributed by atoms with E-state index in [0.29, 0.717) is 0 Å². The topological polar surface area (TPSA) is 26.4 Å². The second kappa shape index (κ2) is 7.47. The summed E-state index contributed by atoms with van der Waals surface area (Å²) in [6.45, 7) is 6.76. The van der Waals surface area contributed by atoms with Gasteiger partial charge in [0.2, 0.25) is 0 Å². The summed E-state index contributed by atoms with van der Waals surface area (Å²) in [5.74, 6) is 0.218. The first-order chi connectivity index (χ1) is 18.6. The zero-order valence-electron chi connectivity index (χ0n) is 21.0. The molecular formula is C32H24N2OS3. The molecule has 3 aliphatic rings. The van der Waals surface area contributed by atoms with Gasteiger partial charge in [0.25, 0.3) is 5.56 Å². The maximum absolute atomic E-state index is 14.0. The van der Waals surface area contributed by atoms with Gasteiger partial charge in [0.05, 0.1) is 36.5 Å². The largest absolute Gasteiger partial charge is 0.311 e. The van der Waals surface area contributed by atoms with Crippen LogP contribution in [0.4, 0.5) is 0 Å². The number of aryl methyl sites for hydroxylation is 2. The molecule has 6 aromatic rings. The van der Waals surface area contributed by atoms with E-state index in [0.717, 1.165) is 40.7 Å². The first-order valence-electron chi connectivity index (χ1n) is 13.3. The Morgan fingerprint density at radius 1 is 0.974 bits per heavy atom. The van der Waals surface area contributed by atoms with E-state index >= 15 is 0 Å². The zero-order valence-corrected chi connectivity index (χ0v) is 23.4. The molecule has 9 rings (SSSR count). The number of hydrogen-bond donors (Lipinski definition) is 0. The van der Waals surface area contributed by atoms with Crippen molar-refractivity contribution >= 4 is 81.8 Å². The molecule has 38 heavy (non-hydrogen) atoms. The third kappa shape index (κ3) is 2.70. The Balaban J connectivity index is 1.24. The molecule has 0 saturated carbocycles. The number of allylic oxidation sites excluding steroid dienone is 5. The normalized spacial score (nSPS) is 18.2. The number of aromatic nitrogens is 2. The number of fused-ring (bicyclic) bond motifs is 8. The van der Waals surface area contributed by atoms with Gasteiger partial charge in [-0.3, -0.25) is 9.20 Å². The van der Waals surface area contributed by atoms with Crippen molar-refractivity contribution in [3.8, 4) is 10.6 Å². The molecule has 1 unspecified atom stereocenters. The van der Waals surface area contributed by atoms with E-state index in [1.807, 2.05) is 15.7 Å². The SMILES string of the molecule is C=C1C2CC=c3c4c2c(sc4c(=O)n2c3cc3sc(C)cc32)-c2cc3sc(CCC4=CCCC=C4)cc3n21. The zero-order chi connectivity index (χ0) is 25.3. The highest BCUT2D eigenvalue weighted by Gasteiger charge is 2.36. The van der Waals surface area contributed by atoms with Crippen LogP contribution in [-0.4, -0.2) is 8.97 Å². The van der Waals surface area contributed by atoms with Gasteiger partial charge in [-0.25, -0.2) is 0 Å².